The summed E-state index contributed by atoms with van der Waals surface area (Å²) in [6, 6.07) is 87.6. The highest BCUT2D eigenvalue weighted by molar-refractivity contribution is 6.29. The number of nitrogens with zero attached hydrogens (tertiary/aromatic N) is 4. The second kappa shape index (κ2) is 20.4. The molecule has 12 aromatic rings. The Morgan fingerprint density at radius 1 is 0.308 bits per heavy atom. The van der Waals surface area contributed by atoms with Crippen LogP contribution in [-0.4, -0.2) is 0 Å². The van der Waals surface area contributed by atoms with E-state index in [0.717, 1.165) is 89.8 Å². The van der Waals surface area contributed by atoms with Crippen molar-refractivity contribution in [3.05, 3.63) is 264 Å². The molecule has 0 heterocycles. The van der Waals surface area contributed by atoms with E-state index in [2.05, 4.69) is 245 Å². The molecule has 12 aromatic carbocycles. The Hall–Kier alpha value is -9.74. The number of hydrogen-bond acceptors (Lipinski definition) is 4. The van der Waals surface area contributed by atoms with E-state index in [4.69, 9.17) is 0 Å². The Kier molecular flexibility index (Phi) is 12.9. The van der Waals surface area contributed by atoms with E-state index in [0.29, 0.717) is 11.1 Å². The van der Waals surface area contributed by atoms with E-state index in [-0.39, 0.29) is 11.8 Å². The van der Waals surface area contributed by atoms with Gasteiger partial charge in [-0.05, 0) is 187 Å². The fourth-order valence-corrected chi connectivity index (χ4v) is 11.6. The van der Waals surface area contributed by atoms with Crippen molar-refractivity contribution >= 4 is 66.4 Å². The first-order valence-electron chi connectivity index (χ1n) is 27.0. The molecular weight excluding hydrogens is 945 g/mol. The topological polar surface area (TPSA) is 54.1 Å². The Morgan fingerprint density at radius 3 is 1.01 bits per heavy atom. The molecule has 0 amide bonds. The van der Waals surface area contributed by atoms with Gasteiger partial charge in [-0.3, -0.25) is 0 Å². The molecule has 0 fully saturated rings. The van der Waals surface area contributed by atoms with E-state index in [1.807, 2.05) is 48.5 Å². The molecule has 0 aliphatic heterocycles. The molecule has 0 unspecified atom stereocenters. The number of nitriles is 2. The molecule has 4 nitrogen and oxygen atoms in total. The van der Waals surface area contributed by atoms with Gasteiger partial charge in [0.1, 0.15) is 0 Å². The van der Waals surface area contributed by atoms with E-state index in [9.17, 15) is 10.5 Å². The van der Waals surface area contributed by atoms with Gasteiger partial charge in [-0.15, -0.1) is 0 Å². The Balaban J connectivity index is 1.17. The first-order chi connectivity index (χ1) is 38.1. The zero-order valence-corrected chi connectivity index (χ0v) is 44.9. The van der Waals surface area contributed by atoms with Crippen LogP contribution in [0.4, 0.5) is 34.1 Å². The van der Waals surface area contributed by atoms with Crippen molar-refractivity contribution in [2.75, 3.05) is 9.80 Å². The van der Waals surface area contributed by atoms with E-state index in [1.54, 1.807) is 0 Å². The summed E-state index contributed by atoms with van der Waals surface area (Å²) in [5, 5.41) is 26.7. The quantitative estimate of drug-likeness (QED) is 0.114. The molecule has 78 heavy (non-hydrogen) atoms. The summed E-state index contributed by atoms with van der Waals surface area (Å²) in [7, 11) is 0. The van der Waals surface area contributed by atoms with Gasteiger partial charge in [0.25, 0.3) is 0 Å². The van der Waals surface area contributed by atoms with Crippen LogP contribution in [0.25, 0.3) is 76.8 Å². The normalized spacial score (nSPS) is 11.4. The lowest BCUT2D eigenvalue weighted by Crippen LogP contribution is -2.14. The highest BCUT2D eigenvalue weighted by atomic mass is 15.2. The van der Waals surface area contributed by atoms with Crippen molar-refractivity contribution in [1.29, 1.82) is 10.5 Å². The third-order valence-corrected chi connectivity index (χ3v) is 15.7. The highest BCUT2D eigenvalue weighted by Gasteiger charge is 2.28. The monoisotopic (exact) mass is 1000 g/mol. The Bertz CT molecular complexity index is 4010. The van der Waals surface area contributed by atoms with Gasteiger partial charge in [0.05, 0.1) is 34.6 Å². The predicted octanol–water partition coefficient (Wildman–Crippen LogP) is 20.8. The molecule has 0 aliphatic carbocycles. The van der Waals surface area contributed by atoms with Gasteiger partial charge in [-0.25, -0.2) is 0 Å². The molecule has 0 radical (unpaired) electrons. The zero-order valence-electron chi connectivity index (χ0n) is 44.9. The van der Waals surface area contributed by atoms with Gasteiger partial charge < -0.3 is 9.80 Å². The van der Waals surface area contributed by atoms with Crippen molar-refractivity contribution in [2.45, 2.75) is 53.4 Å². The third-order valence-electron chi connectivity index (χ3n) is 15.7. The van der Waals surface area contributed by atoms with E-state index >= 15 is 0 Å². The maximum Gasteiger partial charge on any atom is 0.0991 e. The van der Waals surface area contributed by atoms with Crippen LogP contribution in [0.1, 0.15) is 72.9 Å². The van der Waals surface area contributed by atoms with Crippen LogP contribution in [0.15, 0.2) is 231 Å². The molecule has 0 N–H and O–H groups in total. The summed E-state index contributed by atoms with van der Waals surface area (Å²) in [6.07, 6.45) is 0. The lowest BCUT2D eigenvalue weighted by molar-refractivity contribution is 0.875. The fourth-order valence-electron chi connectivity index (χ4n) is 11.6. The molecule has 0 spiro atoms. The predicted molar refractivity (Wildman–Crippen MR) is 328 cm³/mol. The largest absolute Gasteiger partial charge is 0.310 e. The van der Waals surface area contributed by atoms with Crippen molar-refractivity contribution < 1.29 is 0 Å². The summed E-state index contributed by atoms with van der Waals surface area (Å²) < 4.78 is 0. The lowest BCUT2D eigenvalue weighted by atomic mass is 9.84. The highest BCUT2D eigenvalue weighted by Crippen LogP contribution is 2.52. The smallest absolute Gasteiger partial charge is 0.0991 e. The summed E-state index contributed by atoms with van der Waals surface area (Å²) >= 11 is 0. The zero-order chi connectivity index (χ0) is 53.6. The molecule has 0 saturated carbocycles. The minimum absolute atomic E-state index is 0.200. The average molecular weight is 1000 g/mol. The molecule has 12 rings (SSSR count). The van der Waals surface area contributed by atoms with Gasteiger partial charge in [0.15, 0.2) is 0 Å². The van der Waals surface area contributed by atoms with Crippen molar-refractivity contribution in [2.24, 2.45) is 0 Å². The van der Waals surface area contributed by atoms with Crippen LogP contribution in [0.2, 0.25) is 0 Å². The standard InChI is InChI=1S/C74H58N4/c1-47(2)67-43-71(77(69-41-59(29-23-49(69)5)53-15-9-7-10-16-53)61-21-13-19-57(39-61)55-31-25-51(45-75)26-32-55)65-38-36-64-68(48(3)4)44-72(66-37-35-63(67)73(65)74(64)66)78(70-42-60(30-24-50(70)6)54-17-11-8-12-18-54)62-22-14-20-58(40-62)56-33-27-52(46-76)28-34-56/h7-44,47-48H,1-6H3. The van der Waals surface area contributed by atoms with Crippen LogP contribution in [-0.2, 0) is 0 Å². The van der Waals surface area contributed by atoms with E-state index in [1.165, 1.54) is 43.4 Å². The van der Waals surface area contributed by atoms with Gasteiger partial charge in [0, 0.05) is 33.5 Å². The summed E-state index contributed by atoms with van der Waals surface area (Å²) in [5.41, 5.74) is 21.5. The minimum atomic E-state index is 0.200. The molecule has 0 aromatic heterocycles. The molecule has 0 aliphatic rings. The molecular formula is C74H58N4. The van der Waals surface area contributed by atoms with Crippen LogP contribution in [0.5, 0.6) is 0 Å². The molecule has 374 valence electrons. The van der Waals surface area contributed by atoms with Crippen molar-refractivity contribution in [1.82, 2.24) is 0 Å². The van der Waals surface area contributed by atoms with Crippen molar-refractivity contribution in [3.8, 4) is 56.6 Å². The maximum absolute atomic E-state index is 9.69. The summed E-state index contributed by atoms with van der Waals surface area (Å²) in [6.45, 7) is 13.7. The van der Waals surface area contributed by atoms with Crippen LogP contribution in [0.3, 0.4) is 0 Å². The number of rotatable bonds is 12. The average Bonchev–Trinajstić information content (AvgIpc) is 3.66. The summed E-state index contributed by atoms with van der Waals surface area (Å²) in [5.74, 6) is 0.400. The van der Waals surface area contributed by atoms with Gasteiger partial charge >= 0.3 is 0 Å². The third kappa shape index (κ3) is 8.88. The number of hydrogen-bond donors (Lipinski definition) is 0. The Labute approximate surface area is 458 Å². The first-order valence-corrected chi connectivity index (χ1v) is 27.0. The first kappa shape index (κ1) is 49.2. The van der Waals surface area contributed by atoms with Crippen LogP contribution < -0.4 is 9.80 Å². The second-order valence-electron chi connectivity index (χ2n) is 21.2. The molecule has 0 atom stereocenters. The minimum Gasteiger partial charge on any atom is -0.310 e. The van der Waals surface area contributed by atoms with Crippen molar-refractivity contribution in [3.63, 3.8) is 0 Å². The Morgan fingerprint density at radius 2 is 0.641 bits per heavy atom. The van der Waals surface area contributed by atoms with E-state index < -0.39 is 0 Å². The molecule has 0 bridgehead atoms. The van der Waals surface area contributed by atoms with Crippen LogP contribution in [0, 0.1) is 36.5 Å². The molecule has 4 heteroatoms. The number of anilines is 6. The molecule has 0 saturated heterocycles. The van der Waals surface area contributed by atoms with Gasteiger partial charge in [-0.1, -0.05) is 185 Å². The second-order valence-corrected chi connectivity index (χ2v) is 21.2. The number of aryl methyl sites for hydroxylation is 2. The maximum atomic E-state index is 9.69. The van der Waals surface area contributed by atoms with Gasteiger partial charge in [0.2, 0.25) is 0 Å². The fraction of sp³-hybridized carbons (Fsp3) is 0.108. The van der Waals surface area contributed by atoms with Gasteiger partial charge in [-0.2, -0.15) is 10.5 Å². The number of benzene rings is 12. The SMILES string of the molecule is Cc1ccc(-c2ccccc2)cc1N(c1cccc(-c2ccc(C#N)cc2)c1)c1cc(C(C)C)c2ccc3c(N(c4cccc(-c5ccc(C#N)cc5)c4)c4cc(-c5ccccc5)ccc4C)cc(C(C)C)c4ccc1c2c43. The lowest BCUT2D eigenvalue weighted by Gasteiger charge is -2.33. The summed E-state index contributed by atoms with van der Waals surface area (Å²) in [4.78, 5) is 4.99. The van der Waals surface area contributed by atoms with Crippen LogP contribution >= 0.6 is 0 Å².